The van der Waals surface area contributed by atoms with E-state index in [-0.39, 0.29) is 0 Å². The van der Waals surface area contributed by atoms with Gasteiger partial charge >= 0.3 is 8.56 Å². The van der Waals surface area contributed by atoms with Crippen LogP contribution < -0.4 is 0 Å². The van der Waals surface area contributed by atoms with Crippen molar-refractivity contribution < 1.29 is 13.7 Å². The summed E-state index contributed by atoms with van der Waals surface area (Å²) < 4.78 is 4.92. The Hall–Kier alpha value is 0.314. The SMILES string of the molecule is CC[Si](O)(CC)O[SiH2]O. The fourth-order valence-corrected chi connectivity index (χ4v) is 3.67. The van der Waals surface area contributed by atoms with Gasteiger partial charge in [0, 0.05) is 0 Å². The summed E-state index contributed by atoms with van der Waals surface area (Å²) in [4.78, 5) is 17.9. The van der Waals surface area contributed by atoms with Gasteiger partial charge in [0.2, 0.25) is 0 Å². The first kappa shape index (κ1) is 9.31. The van der Waals surface area contributed by atoms with Crippen molar-refractivity contribution in [2.75, 3.05) is 0 Å². The summed E-state index contributed by atoms with van der Waals surface area (Å²) in [6, 6.07) is 1.36. The highest BCUT2D eigenvalue weighted by Gasteiger charge is 2.27. The molecule has 0 unspecified atom stereocenters. The molecule has 0 bridgehead atoms. The van der Waals surface area contributed by atoms with Gasteiger partial charge in [-0.3, -0.25) is 0 Å². The van der Waals surface area contributed by atoms with Crippen LogP contribution in [-0.4, -0.2) is 28.2 Å². The fourth-order valence-electron chi connectivity index (χ4n) is 0.574. The van der Waals surface area contributed by atoms with Crippen LogP contribution in [0, 0.1) is 0 Å². The summed E-state index contributed by atoms with van der Waals surface area (Å²) in [5.74, 6) is 0. The highest BCUT2D eigenvalue weighted by atomic mass is 28.4. The first-order valence-electron chi connectivity index (χ1n) is 3.15. The van der Waals surface area contributed by atoms with E-state index in [4.69, 9.17) is 8.91 Å². The Morgan fingerprint density at radius 1 is 1.44 bits per heavy atom. The Kier molecular flexibility index (Phi) is 4.33. The predicted molar refractivity (Wildman–Crippen MR) is 40.8 cm³/mol. The van der Waals surface area contributed by atoms with Gasteiger partial charge in [-0.1, -0.05) is 13.8 Å². The third-order valence-corrected chi connectivity index (χ3v) is 6.31. The molecule has 0 saturated heterocycles. The Morgan fingerprint density at radius 2 is 1.89 bits per heavy atom. The quantitative estimate of drug-likeness (QED) is 0.552. The van der Waals surface area contributed by atoms with Crippen LogP contribution >= 0.6 is 0 Å². The van der Waals surface area contributed by atoms with Gasteiger partial charge in [0.1, 0.15) is 0 Å². The van der Waals surface area contributed by atoms with Crippen LogP contribution in [0.4, 0.5) is 0 Å². The van der Waals surface area contributed by atoms with E-state index in [1.54, 1.807) is 0 Å². The minimum Gasteiger partial charge on any atom is -0.419 e. The van der Waals surface area contributed by atoms with Crippen molar-refractivity contribution in [3.8, 4) is 0 Å². The monoisotopic (exact) mass is 166 g/mol. The summed E-state index contributed by atoms with van der Waals surface area (Å²) in [6.07, 6.45) is 0. The normalized spacial score (nSPS) is 13.3. The molecule has 56 valence electrons. The van der Waals surface area contributed by atoms with Gasteiger partial charge in [0.15, 0.2) is 0 Å². The fraction of sp³-hybridized carbons (Fsp3) is 1.00. The van der Waals surface area contributed by atoms with E-state index >= 15 is 0 Å². The highest BCUT2D eigenvalue weighted by Crippen LogP contribution is 2.10. The molecule has 0 saturated carbocycles. The zero-order valence-electron chi connectivity index (χ0n) is 5.92. The van der Waals surface area contributed by atoms with Gasteiger partial charge in [-0.2, -0.15) is 0 Å². The number of hydrogen-bond acceptors (Lipinski definition) is 3. The Balaban J connectivity index is 3.62. The van der Waals surface area contributed by atoms with Gasteiger partial charge in [-0.05, 0) is 12.1 Å². The van der Waals surface area contributed by atoms with Crippen molar-refractivity contribution in [3.63, 3.8) is 0 Å². The molecular weight excluding hydrogens is 152 g/mol. The second-order valence-electron chi connectivity index (χ2n) is 1.93. The zero-order valence-corrected chi connectivity index (χ0v) is 8.34. The van der Waals surface area contributed by atoms with Crippen LogP contribution in [0.1, 0.15) is 13.8 Å². The molecule has 9 heavy (non-hydrogen) atoms. The molecule has 0 amide bonds. The lowest BCUT2D eigenvalue weighted by molar-refractivity contribution is 0.345. The van der Waals surface area contributed by atoms with Crippen LogP contribution in [-0.2, 0) is 4.12 Å². The van der Waals surface area contributed by atoms with E-state index < -0.39 is 18.6 Å². The standard InChI is InChI=1S/C4H14O3Si2/c1-3-9(6,4-2)7-8-5/h5-6H,3-4,8H2,1-2H3. The van der Waals surface area contributed by atoms with E-state index in [1.807, 2.05) is 13.8 Å². The van der Waals surface area contributed by atoms with Crippen molar-refractivity contribution in [3.05, 3.63) is 0 Å². The van der Waals surface area contributed by atoms with E-state index in [1.165, 1.54) is 0 Å². The van der Waals surface area contributed by atoms with Crippen molar-refractivity contribution in [1.82, 2.24) is 0 Å². The van der Waals surface area contributed by atoms with Crippen molar-refractivity contribution in [1.29, 1.82) is 0 Å². The second-order valence-corrected chi connectivity index (χ2v) is 6.65. The van der Waals surface area contributed by atoms with Gasteiger partial charge < -0.3 is 13.7 Å². The lowest BCUT2D eigenvalue weighted by Gasteiger charge is -2.19. The Morgan fingerprint density at radius 3 is 2.00 bits per heavy atom. The maximum Gasteiger partial charge on any atom is 0.325 e. The molecule has 5 heteroatoms. The first-order valence-corrected chi connectivity index (χ1v) is 6.63. The number of rotatable bonds is 4. The molecule has 0 aliphatic rings. The molecule has 2 N–H and O–H groups in total. The first-order chi connectivity index (χ1) is 4.18. The number of hydrogen-bond donors (Lipinski definition) is 2. The second kappa shape index (κ2) is 4.18. The van der Waals surface area contributed by atoms with Gasteiger partial charge in [0.05, 0.1) is 0 Å². The zero-order chi connectivity index (χ0) is 7.33. The maximum absolute atomic E-state index is 9.42. The van der Waals surface area contributed by atoms with E-state index in [0.29, 0.717) is 12.1 Å². The van der Waals surface area contributed by atoms with Gasteiger partial charge in [-0.25, -0.2) is 0 Å². The molecule has 0 aromatic rings. The molecule has 0 radical (unpaired) electrons. The van der Waals surface area contributed by atoms with E-state index in [2.05, 4.69) is 0 Å². The molecule has 0 aromatic heterocycles. The molecule has 0 fully saturated rings. The summed E-state index contributed by atoms with van der Waals surface area (Å²) in [5, 5.41) is 0. The Labute approximate surface area is 59.0 Å². The molecular formula is C4H14O3Si2. The lowest BCUT2D eigenvalue weighted by Crippen LogP contribution is -2.38. The third-order valence-electron chi connectivity index (χ3n) is 1.44. The predicted octanol–water partition coefficient (Wildman–Crippen LogP) is -0.532. The minimum absolute atomic E-state index is 0.678. The van der Waals surface area contributed by atoms with Gasteiger partial charge in [0.25, 0.3) is 10.0 Å². The lowest BCUT2D eigenvalue weighted by atomic mass is 10.9. The molecule has 0 atom stereocenters. The van der Waals surface area contributed by atoms with E-state index in [9.17, 15) is 4.80 Å². The average molecular weight is 166 g/mol. The summed E-state index contributed by atoms with van der Waals surface area (Å²) in [5.41, 5.74) is 0. The summed E-state index contributed by atoms with van der Waals surface area (Å²) >= 11 is 0. The van der Waals surface area contributed by atoms with Crippen LogP contribution in [0.15, 0.2) is 0 Å². The summed E-state index contributed by atoms with van der Waals surface area (Å²) in [7, 11) is -3.79. The minimum atomic E-state index is -2.39. The Bertz CT molecular complexity index is 74.2. The van der Waals surface area contributed by atoms with Crippen LogP contribution in [0.2, 0.25) is 12.1 Å². The molecule has 0 heterocycles. The molecule has 0 spiro atoms. The van der Waals surface area contributed by atoms with Crippen molar-refractivity contribution in [2.45, 2.75) is 25.9 Å². The highest BCUT2D eigenvalue weighted by molar-refractivity contribution is 6.69. The van der Waals surface area contributed by atoms with Crippen LogP contribution in [0.3, 0.4) is 0 Å². The molecule has 0 aliphatic heterocycles. The topological polar surface area (TPSA) is 49.7 Å². The molecule has 0 aromatic carbocycles. The van der Waals surface area contributed by atoms with Crippen molar-refractivity contribution >= 4 is 18.6 Å². The smallest absolute Gasteiger partial charge is 0.325 e. The van der Waals surface area contributed by atoms with Crippen molar-refractivity contribution in [2.24, 2.45) is 0 Å². The average Bonchev–Trinajstić information content (AvgIpc) is 1.89. The maximum atomic E-state index is 9.42. The largest absolute Gasteiger partial charge is 0.419 e. The van der Waals surface area contributed by atoms with E-state index in [0.717, 1.165) is 0 Å². The van der Waals surface area contributed by atoms with Crippen LogP contribution in [0.25, 0.3) is 0 Å². The van der Waals surface area contributed by atoms with Gasteiger partial charge in [-0.15, -0.1) is 0 Å². The molecule has 3 nitrogen and oxygen atoms in total. The van der Waals surface area contributed by atoms with Crippen LogP contribution in [0.5, 0.6) is 0 Å². The molecule has 0 rings (SSSR count). The molecule has 0 aliphatic carbocycles. The third kappa shape index (κ3) is 3.12. The summed E-state index contributed by atoms with van der Waals surface area (Å²) in [6.45, 7) is 3.78.